The molecule has 0 unspecified atom stereocenters. The van der Waals surface area contributed by atoms with Gasteiger partial charge in [0.05, 0.1) is 10.6 Å². The second-order valence-corrected chi connectivity index (χ2v) is 9.07. The van der Waals surface area contributed by atoms with Crippen molar-refractivity contribution < 1.29 is 9.18 Å². The van der Waals surface area contributed by atoms with Crippen molar-refractivity contribution in [2.45, 2.75) is 53.5 Å². The highest BCUT2D eigenvalue weighted by molar-refractivity contribution is 7.20. The molecular formula is C22H26FN3OS. The van der Waals surface area contributed by atoms with Crippen molar-refractivity contribution >= 4 is 27.5 Å². The molecule has 1 aromatic carbocycles. The average Bonchev–Trinajstić information content (AvgIpc) is 2.95. The lowest BCUT2D eigenvalue weighted by molar-refractivity contribution is 0.0756. The number of hydrogen-bond donors (Lipinski definition) is 0. The van der Waals surface area contributed by atoms with Crippen LogP contribution in [-0.2, 0) is 12.0 Å². The van der Waals surface area contributed by atoms with Crippen molar-refractivity contribution in [3.8, 4) is 0 Å². The minimum atomic E-state index is -0.292. The molecule has 0 N–H and O–H groups in total. The number of amides is 1. The predicted molar refractivity (Wildman–Crippen MR) is 112 cm³/mol. The topological polar surface area (TPSA) is 46.1 Å². The maximum absolute atomic E-state index is 13.5. The van der Waals surface area contributed by atoms with Gasteiger partial charge in [-0.1, -0.05) is 32.9 Å². The fraction of sp³-hybridized carbons (Fsp3) is 0.409. The van der Waals surface area contributed by atoms with E-state index in [4.69, 9.17) is 4.98 Å². The molecule has 0 aliphatic heterocycles. The third kappa shape index (κ3) is 3.92. The first-order valence-electron chi connectivity index (χ1n) is 9.43. The molecule has 0 fully saturated rings. The molecule has 1 amide bonds. The molecule has 3 aromatic rings. The van der Waals surface area contributed by atoms with Gasteiger partial charge < -0.3 is 4.90 Å². The Morgan fingerprint density at radius 2 is 1.93 bits per heavy atom. The average molecular weight is 400 g/mol. The first kappa shape index (κ1) is 20.4. The summed E-state index contributed by atoms with van der Waals surface area (Å²) in [5, 5.41) is 0.961. The van der Waals surface area contributed by atoms with Gasteiger partial charge in [0.25, 0.3) is 5.91 Å². The van der Waals surface area contributed by atoms with E-state index in [1.54, 1.807) is 11.0 Å². The number of carbonyl (C=O) groups is 1. The molecule has 0 saturated carbocycles. The van der Waals surface area contributed by atoms with Gasteiger partial charge in [-0.3, -0.25) is 4.79 Å². The van der Waals surface area contributed by atoms with Crippen LogP contribution in [0.3, 0.4) is 0 Å². The van der Waals surface area contributed by atoms with Crippen molar-refractivity contribution in [1.29, 1.82) is 0 Å². The summed E-state index contributed by atoms with van der Waals surface area (Å²) in [5.41, 5.74) is 2.44. The molecule has 0 spiro atoms. The Kier molecular flexibility index (Phi) is 5.53. The molecule has 0 aliphatic rings. The van der Waals surface area contributed by atoms with E-state index in [2.05, 4.69) is 25.8 Å². The van der Waals surface area contributed by atoms with E-state index in [-0.39, 0.29) is 17.1 Å². The summed E-state index contributed by atoms with van der Waals surface area (Å²) < 4.78 is 13.5. The number of thiophene rings is 1. The van der Waals surface area contributed by atoms with E-state index >= 15 is 0 Å². The molecule has 0 aliphatic carbocycles. The second kappa shape index (κ2) is 7.59. The van der Waals surface area contributed by atoms with Crippen molar-refractivity contribution in [2.24, 2.45) is 0 Å². The zero-order valence-corrected chi connectivity index (χ0v) is 18.1. The van der Waals surface area contributed by atoms with Crippen LogP contribution in [0.15, 0.2) is 24.3 Å². The molecule has 148 valence electrons. The van der Waals surface area contributed by atoms with E-state index in [0.29, 0.717) is 18.0 Å². The molecule has 0 radical (unpaired) electrons. The Bertz CT molecular complexity index is 1040. The van der Waals surface area contributed by atoms with E-state index in [9.17, 15) is 9.18 Å². The van der Waals surface area contributed by atoms with Gasteiger partial charge >= 0.3 is 0 Å². The fourth-order valence-corrected chi connectivity index (χ4v) is 4.40. The zero-order valence-electron chi connectivity index (χ0n) is 17.3. The number of rotatable bonds is 4. The largest absolute Gasteiger partial charge is 0.334 e. The Morgan fingerprint density at radius 3 is 2.54 bits per heavy atom. The van der Waals surface area contributed by atoms with E-state index in [1.165, 1.54) is 23.5 Å². The van der Waals surface area contributed by atoms with Gasteiger partial charge in [0.15, 0.2) is 0 Å². The normalized spacial score (nSPS) is 11.8. The zero-order chi connectivity index (χ0) is 20.6. The van der Waals surface area contributed by atoms with Crippen molar-refractivity contribution in [3.63, 3.8) is 0 Å². The lowest BCUT2D eigenvalue weighted by atomic mass is 9.95. The molecule has 3 rings (SSSR count). The van der Waals surface area contributed by atoms with Gasteiger partial charge in [-0.2, -0.15) is 0 Å². The third-order valence-corrected chi connectivity index (χ3v) is 5.94. The molecule has 2 heterocycles. The summed E-state index contributed by atoms with van der Waals surface area (Å²) in [6.45, 7) is 13.0. The first-order chi connectivity index (χ1) is 13.1. The highest BCUT2D eigenvalue weighted by atomic mass is 32.1. The van der Waals surface area contributed by atoms with Gasteiger partial charge in [0.1, 0.15) is 16.5 Å². The summed E-state index contributed by atoms with van der Waals surface area (Å²) in [4.78, 5) is 25.9. The van der Waals surface area contributed by atoms with E-state index in [0.717, 1.165) is 32.9 Å². The van der Waals surface area contributed by atoms with Crippen molar-refractivity contribution in [2.75, 3.05) is 6.54 Å². The highest BCUT2D eigenvalue weighted by Crippen LogP contribution is 2.34. The second-order valence-electron chi connectivity index (χ2n) is 8.07. The van der Waals surface area contributed by atoms with Crippen molar-refractivity contribution in [1.82, 2.24) is 14.9 Å². The van der Waals surface area contributed by atoms with Gasteiger partial charge in [-0.25, -0.2) is 14.4 Å². The van der Waals surface area contributed by atoms with Crippen LogP contribution in [0.5, 0.6) is 0 Å². The molecule has 2 aromatic heterocycles. The monoisotopic (exact) mass is 399 g/mol. The van der Waals surface area contributed by atoms with Crippen LogP contribution in [0.1, 0.15) is 60.0 Å². The van der Waals surface area contributed by atoms with Gasteiger partial charge in [0, 0.05) is 23.9 Å². The maximum Gasteiger partial charge on any atom is 0.264 e. The molecule has 0 bridgehead atoms. The van der Waals surface area contributed by atoms with Crippen LogP contribution in [0.2, 0.25) is 0 Å². The summed E-state index contributed by atoms with van der Waals surface area (Å²) in [6.07, 6.45) is 0. The van der Waals surface area contributed by atoms with E-state index < -0.39 is 0 Å². The number of carbonyl (C=O) groups excluding carboxylic acids is 1. The Morgan fingerprint density at radius 1 is 1.21 bits per heavy atom. The summed E-state index contributed by atoms with van der Waals surface area (Å²) in [5.74, 6) is 0.438. The molecule has 28 heavy (non-hydrogen) atoms. The molecule has 0 saturated heterocycles. The lowest BCUT2D eigenvalue weighted by Gasteiger charge is -2.20. The van der Waals surface area contributed by atoms with E-state index in [1.807, 2.05) is 26.8 Å². The Labute approximate surface area is 169 Å². The standard InChI is InChI=1S/C22H26FN3OS/c1-7-26(12-15-9-8-10-16(23)11-15)20(27)18-13(2)17-14(3)24-21(22(4,5)6)25-19(17)28-18/h8-11H,7,12H2,1-6H3. The molecule has 4 nitrogen and oxygen atoms in total. The summed E-state index contributed by atoms with van der Waals surface area (Å²) in [7, 11) is 0. The number of fused-ring (bicyclic) bond motifs is 1. The number of hydrogen-bond acceptors (Lipinski definition) is 4. The van der Waals surface area contributed by atoms with Crippen LogP contribution in [0.4, 0.5) is 4.39 Å². The molecular weight excluding hydrogens is 373 g/mol. The number of benzene rings is 1. The molecule has 0 atom stereocenters. The minimum absolute atomic E-state index is 0.0519. The Balaban J connectivity index is 2.00. The Hall–Kier alpha value is -2.34. The number of aromatic nitrogens is 2. The SMILES string of the molecule is CCN(Cc1cccc(F)c1)C(=O)c1sc2nc(C(C)(C)C)nc(C)c2c1C. The van der Waals surface area contributed by atoms with Crippen LogP contribution < -0.4 is 0 Å². The minimum Gasteiger partial charge on any atom is -0.334 e. The van der Waals surface area contributed by atoms with Gasteiger partial charge in [-0.05, 0) is 44.0 Å². The first-order valence-corrected chi connectivity index (χ1v) is 10.3. The van der Waals surface area contributed by atoms with Crippen LogP contribution in [-0.4, -0.2) is 27.3 Å². The smallest absolute Gasteiger partial charge is 0.264 e. The van der Waals surface area contributed by atoms with Gasteiger partial charge in [-0.15, -0.1) is 11.3 Å². The number of halogens is 1. The highest BCUT2D eigenvalue weighted by Gasteiger charge is 2.25. The third-order valence-electron chi connectivity index (χ3n) is 4.77. The fourth-order valence-electron chi connectivity index (χ4n) is 3.20. The lowest BCUT2D eigenvalue weighted by Crippen LogP contribution is -2.30. The quantitative estimate of drug-likeness (QED) is 0.589. The van der Waals surface area contributed by atoms with Crippen molar-refractivity contribution in [3.05, 3.63) is 57.6 Å². The van der Waals surface area contributed by atoms with Crippen LogP contribution in [0.25, 0.3) is 10.2 Å². The number of aryl methyl sites for hydroxylation is 2. The maximum atomic E-state index is 13.5. The summed E-state index contributed by atoms with van der Waals surface area (Å²) >= 11 is 1.42. The van der Waals surface area contributed by atoms with Crippen LogP contribution in [0, 0.1) is 19.7 Å². The summed E-state index contributed by atoms with van der Waals surface area (Å²) in [6, 6.07) is 6.38. The number of nitrogens with zero attached hydrogens (tertiary/aromatic N) is 3. The predicted octanol–water partition coefficient (Wildman–Crippen LogP) is 5.41. The van der Waals surface area contributed by atoms with Crippen LogP contribution >= 0.6 is 11.3 Å². The van der Waals surface area contributed by atoms with Gasteiger partial charge in [0.2, 0.25) is 0 Å². The molecule has 6 heteroatoms.